The van der Waals surface area contributed by atoms with Gasteiger partial charge in [0, 0.05) is 0 Å². The molecule has 0 radical (unpaired) electrons. The number of aromatic amines is 1. The quantitative estimate of drug-likeness (QED) is 0.373. The highest BCUT2D eigenvalue weighted by molar-refractivity contribution is 5.99. The van der Waals surface area contributed by atoms with Crippen molar-refractivity contribution in [1.29, 1.82) is 10.7 Å². The van der Waals surface area contributed by atoms with Gasteiger partial charge in [-0.05, 0) is 46.8 Å². The third-order valence-electron chi connectivity index (χ3n) is 4.96. The third-order valence-corrected chi connectivity index (χ3v) is 4.96. The van der Waals surface area contributed by atoms with Crippen LogP contribution in [0.1, 0.15) is 46.0 Å². The van der Waals surface area contributed by atoms with Crippen molar-refractivity contribution in [1.82, 2.24) is 4.98 Å². The zero-order chi connectivity index (χ0) is 22.3. The highest BCUT2D eigenvalue weighted by Gasteiger charge is 2.65. The SMILES string of the molecule is CC1(C)O[C@H]2[C@@H](O1)[C@](C#N)(c1ccc(/C(N)=N\C=N)[nH]1)O[C@@H]2COC(=O)C(C)(C)C. The van der Waals surface area contributed by atoms with Gasteiger partial charge in [-0.1, -0.05) is 0 Å². The number of H-pyrrole nitrogens is 1. The number of aliphatic imine (C=N–C) groups is 1. The van der Waals surface area contributed by atoms with E-state index >= 15 is 0 Å². The van der Waals surface area contributed by atoms with Crippen molar-refractivity contribution in [3.8, 4) is 6.07 Å². The van der Waals surface area contributed by atoms with E-state index in [2.05, 4.69) is 16.0 Å². The van der Waals surface area contributed by atoms with Crippen LogP contribution in [-0.4, -0.2) is 53.8 Å². The van der Waals surface area contributed by atoms with Gasteiger partial charge in [-0.15, -0.1) is 0 Å². The number of carbonyl (C=O) groups excluding carboxylic acids is 1. The molecule has 3 rings (SSSR count). The fourth-order valence-corrected chi connectivity index (χ4v) is 3.52. The van der Waals surface area contributed by atoms with Gasteiger partial charge in [0.2, 0.25) is 5.60 Å². The number of nitrogens with two attached hydrogens (primary N) is 1. The first-order chi connectivity index (χ1) is 13.9. The van der Waals surface area contributed by atoms with Gasteiger partial charge in [-0.3, -0.25) is 10.2 Å². The molecule has 0 aliphatic carbocycles. The number of amidine groups is 1. The maximum absolute atomic E-state index is 12.2. The Bertz CT molecular complexity index is 909. The molecule has 0 amide bonds. The van der Waals surface area contributed by atoms with Crippen molar-refractivity contribution < 1.29 is 23.7 Å². The Hall–Kier alpha value is -2.74. The molecule has 2 saturated heterocycles. The summed E-state index contributed by atoms with van der Waals surface area (Å²) < 4.78 is 23.6. The Balaban J connectivity index is 1.93. The second kappa shape index (κ2) is 7.50. The molecule has 10 nitrogen and oxygen atoms in total. The number of nitrogens with one attached hydrogen (secondary N) is 2. The van der Waals surface area contributed by atoms with Gasteiger partial charge in [0.15, 0.2) is 5.79 Å². The number of nitriles is 1. The van der Waals surface area contributed by atoms with E-state index in [-0.39, 0.29) is 18.4 Å². The van der Waals surface area contributed by atoms with Crippen LogP contribution in [-0.2, 0) is 29.3 Å². The summed E-state index contributed by atoms with van der Waals surface area (Å²) >= 11 is 0. The number of ether oxygens (including phenoxy) is 4. The Morgan fingerprint density at radius 3 is 2.70 bits per heavy atom. The summed E-state index contributed by atoms with van der Waals surface area (Å²) in [6.07, 6.45) is -1.26. The maximum Gasteiger partial charge on any atom is 0.311 e. The van der Waals surface area contributed by atoms with Crippen LogP contribution in [0.25, 0.3) is 0 Å². The van der Waals surface area contributed by atoms with Crippen LogP contribution >= 0.6 is 0 Å². The fraction of sp³-hybridized carbons (Fsp3) is 0.600. The van der Waals surface area contributed by atoms with Crippen molar-refractivity contribution in [2.45, 2.75) is 64.3 Å². The molecular formula is C20H27N5O5. The van der Waals surface area contributed by atoms with Gasteiger partial charge in [-0.2, -0.15) is 5.26 Å². The van der Waals surface area contributed by atoms with Gasteiger partial charge < -0.3 is 29.7 Å². The topological polar surface area (TPSA) is 156 Å². The summed E-state index contributed by atoms with van der Waals surface area (Å²) in [5, 5.41) is 17.2. The summed E-state index contributed by atoms with van der Waals surface area (Å²) in [7, 11) is 0. The molecule has 1 aromatic rings. The van der Waals surface area contributed by atoms with E-state index in [4.69, 9.17) is 30.1 Å². The fourth-order valence-electron chi connectivity index (χ4n) is 3.52. The van der Waals surface area contributed by atoms with Crippen LogP contribution in [0.15, 0.2) is 17.1 Å². The lowest BCUT2D eigenvalue weighted by Crippen LogP contribution is -2.40. The van der Waals surface area contributed by atoms with Crippen LogP contribution in [0.3, 0.4) is 0 Å². The van der Waals surface area contributed by atoms with Gasteiger partial charge in [0.05, 0.1) is 16.8 Å². The lowest BCUT2D eigenvalue weighted by atomic mass is 9.92. The monoisotopic (exact) mass is 417 g/mol. The molecule has 3 heterocycles. The molecule has 162 valence electrons. The van der Waals surface area contributed by atoms with Gasteiger partial charge in [0.1, 0.15) is 43.2 Å². The predicted molar refractivity (Wildman–Crippen MR) is 107 cm³/mol. The smallest absolute Gasteiger partial charge is 0.311 e. The summed E-state index contributed by atoms with van der Waals surface area (Å²) in [5.41, 5.74) is 4.47. The van der Waals surface area contributed by atoms with Gasteiger partial charge in [0.25, 0.3) is 0 Å². The van der Waals surface area contributed by atoms with Gasteiger partial charge >= 0.3 is 5.97 Å². The van der Waals surface area contributed by atoms with Crippen molar-refractivity contribution in [3.05, 3.63) is 23.5 Å². The normalized spacial score (nSPS) is 30.5. The molecule has 0 spiro atoms. The molecule has 2 aliphatic heterocycles. The minimum absolute atomic E-state index is 0.0783. The second-order valence-electron chi connectivity index (χ2n) is 8.80. The number of esters is 1. The lowest BCUT2D eigenvalue weighted by molar-refractivity contribution is -0.207. The molecule has 2 fully saturated rings. The first-order valence-electron chi connectivity index (χ1n) is 9.57. The Morgan fingerprint density at radius 2 is 2.10 bits per heavy atom. The molecule has 0 saturated carbocycles. The molecule has 4 atom stereocenters. The van der Waals surface area contributed by atoms with E-state index in [0.717, 1.165) is 6.34 Å². The average Bonchev–Trinajstić information content (AvgIpc) is 3.32. The zero-order valence-corrected chi connectivity index (χ0v) is 17.7. The molecule has 2 aliphatic rings. The minimum Gasteiger partial charge on any atom is -0.462 e. The first-order valence-corrected chi connectivity index (χ1v) is 9.57. The molecule has 0 bridgehead atoms. The molecular weight excluding hydrogens is 390 g/mol. The minimum atomic E-state index is -1.53. The van der Waals surface area contributed by atoms with Crippen LogP contribution in [0.4, 0.5) is 0 Å². The first kappa shape index (κ1) is 22.0. The molecule has 4 N–H and O–H groups in total. The maximum atomic E-state index is 12.2. The van der Waals surface area contributed by atoms with Crippen LogP contribution in [0.5, 0.6) is 0 Å². The van der Waals surface area contributed by atoms with Crippen LogP contribution in [0, 0.1) is 22.2 Å². The number of hydrogen-bond donors (Lipinski definition) is 3. The lowest BCUT2D eigenvalue weighted by Gasteiger charge is -2.28. The van der Waals surface area contributed by atoms with E-state index in [1.54, 1.807) is 46.8 Å². The van der Waals surface area contributed by atoms with E-state index in [1.807, 2.05) is 0 Å². The van der Waals surface area contributed by atoms with Crippen molar-refractivity contribution >= 4 is 18.1 Å². The van der Waals surface area contributed by atoms with E-state index in [1.165, 1.54) is 0 Å². The van der Waals surface area contributed by atoms with Crippen LogP contribution in [0.2, 0.25) is 0 Å². The van der Waals surface area contributed by atoms with E-state index in [0.29, 0.717) is 11.4 Å². The molecule has 10 heteroatoms. The summed E-state index contributed by atoms with van der Waals surface area (Å²) in [4.78, 5) is 19.0. The largest absolute Gasteiger partial charge is 0.462 e. The highest BCUT2D eigenvalue weighted by atomic mass is 16.8. The summed E-state index contributed by atoms with van der Waals surface area (Å²) in [5.74, 6) is -1.23. The van der Waals surface area contributed by atoms with Crippen LogP contribution < -0.4 is 5.73 Å². The second-order valence-corrected chi connectivity index (χ2v) is 8.80. The molecule has 0 aromatic carbocycles. The number of nitrogens with zero attached hydrogens (tertiary/aromatic N) is 2. The Labute approximate surface area is 174 Å². The highest BCUT2D eigenvalue weighted by Crippen LogP contribution is 2.48. The number of aromatic nitrogens is 1. The summed E-state index contributed by atoms with van der Waals surface area (Å²) in [6.45, 7) is 8.69. The predicted octanol–water partition coefficient (Wildman–Crippen LogP) is 1.55. The molecule has 0 unspecified atom stereocenters. The average molecular weight is 417 g/mol. The van der Waals surface area contributed by atoms with Gasteiger partial charge in [-0.25, -0.2) is 4.99 Å². The number of hydrogen-bond acceptors (Lipinski definition) is 7. The van der Waals surface area contributed by atoms with E-state index < -0.39 is 35.1 Å². The number of carbonyl (C=O) groups is 1. The van der Waals surface area contributed by atoms with Crippen molar-refractivity contribution in [3.63, 3.8) is 0 Å². The standard InChI is InChI=1S/C20H27N5O5/c1-18(2,3)17(26)27-8-12-14-15(30-19(4,5)29-14)20(9-21,28-12)13-7-6-11(25-13)16(23)24-10-22/h6-7,10,12,14-15,25H,8H2,1-5H3,(H3,22,23,24)/t12-,14-,15-,20+/m1/s1. The van der Waals surface area contributed by atoms with E-state index in [9.17, 15) is 10.1 Å². The molecule has 1 aromatic heterocycles. The van der Waals surface area contributed by atoms with Crippen molar-refractivity contribution in [2.75, 3.05) is 6.61 Å². The Kier molecular flexibility index (Phi) is 5.49. The third kappa shape index (κ3) is 3.84. The Morgan fingerprint density at radius 1 is 1.40 bits per heavy atom. The summed E-state index contributed by atoms with van der Waals surface area (Å²) in [6, 6.07) is 5.51. The van der Waals surface area contributed by atoms with Crippen molar-refractivity contribution in [2.24, 2.45) is 16.1 Å². The zero-order valence-electron chi connectivity index (χ0n) is 17.7. The molecule has 30 heavy (non-hydrogen) atoms. The number of fused-ring (bicyclic) bond motifs is 1. The number of rotatable bonds is 5.